The molecule has 1 aliphatic heterocycles. The highest BCUT2D eigenvalue weighted by Crippen LogP contribution is 2.20. The van der Waals surface area contributed by atoms with E-state index in [9.17, 15) is 43.5 Å². The van der Waals surface area contributed by atoms with Crippen molar-refractivity contribution in [2.24, 2.45) is 39.8 Å². The lowest BCUT2D eigenvalue weighted by atomic mass is 9.98. The van der Waals surface area contributed by atoms with E-state index in [1.807, 2.05) is 33.8 Å². The molecule has 2 rings (SSSR count). The van der Waals surface area contributed by atoms with Crippen LogP contribution in [0.15, 0.2) is 35.3 Å². The number of carbonyl (C=O) groups is 8. The molecule has 1 aromatic rings. The van der Waals surface area contributed by atoms with Crippen molar-refractivity contribution in [1.29, 1.82) is 0 Å². The average Bonchev–Trinajstić information content (AvgIpc) is 3.65. The van der Waals surface area contributed by atoms with Crippen LogP contribution in [0, 0.1) is 11.8 Å². The van der Waals surface area contributed by atoms with Gasteiger partial charge in [0.15, 0.2) is 5.96 Å². The lowest BCUT2D eigenvalue weighted by Crippen LogP contribution is -2.60. The van der Waals surface area contributed by atoms with Gasteiger partial charge < -0.3 is 59.5 Å². The lowest BCUT2D eigenvalue weighted by Gasteiger charge is -2.29. The van der Waals surface area contributed by atoms with Crippen LogP contribution >= 0.6 is 0 Å². The van der Waals surface area contributed by atoms with Crippen LogP contribution in [-0.2, 0) is 44.8 Å². The van der Waals surface area contributed by atoms with Crippen LogP contribution in [0.2, 0.25) is 0 Å². The monoisotopic (exact) mass is 829 g/mol. The predicted octanol–water partition coefficient (Wildman–Crippen LogP) is -1.90. The molecule has 0 spiro atoms. The van der Waals surface area contributed by atoms with Crippen LogP contribution in [0.25, 0.3) is 0 Å². The zero-order valence-corrected chi connectivity index (χ0v) is 34.6. The molecule has 0 radical (unpaired) electrons. The maximum Gasteiger partial charge on any atom is 0.326 e. The van der Waals surface area contributed by atoms with Crippen LogP contribution in [0.3, 0.4) is 0 Å². The van der Waals surface area contributed by atoms with Gasteiger partial charge >= 0.3 is 5.97 Å². The number of amides is 7. The minimum absolute atomic E-state index is 0.0579. The van der Waals surface area contributed by atoms with Gasteiger partial charge in [0.2, 0.25) is 41.4 Å². The largest absolute Gasteiger partial charge is 0.480 e. The van der Waals surface area contributed by atoms with Crippen molar-refractivity contribution < 1.29 is 43.5 Å². The molecule has 1 aliphatic rings. The molecule has 7 amide bonds. The Morgan fingerprint density at radius 2 is 1.22 bits per heavy atom. The number of primary amides is 1. The van der Waals surface area contributed by atoms with Crippen LogP contribution in [-0.4, -0.2) is 119 Å². The molecular formula is C39H63N11O9. The molecule has 0 aromatic heterocycles. The van der Waals surface area contributed by atoms with E-state index in [1.54, 1.807) is 24.3 Å². The van der Waals surface area contributed by atoms with E-state index in [0.29, 0.717) is 6.42 Å². The highest BCUT2D eigenvalue weighted by molar-refractivity contribution is 5.98. The molecule has 1 fully saturated rings. The van der Waals surface area contributed by atoms with Crippen molar-refractivity contribution >= 4 is 53.3 Å². The Kier molecular flexibility index (Phi) is 20.2. The molecule has 7 atom stereocenters. The van der Waals surface area contributed by atoms with Crippen LogP contribution in [0.1, 0.15) is 85.1 Å². The second-order valence-electron chi connectivity index (χ2n) is 15.7. The third-order valence-electron chi connectivity index (χ3n) is 9.43. The molecule has 0 bridgehead atoms. The summed E-state index contributed by atoms with van der Waals surface area (Å²) in [6, 6.07) is 0.564. The average molecular weight is 830 g/mol. The number of carboxylic acids is 1. The number of rotatable bonds is 24. The quantitative estimate of drug-likeness (QED) is 0.0310. The molecule has 1 saturated heterocycles. The minimum Gasteiger partial charge on any atom is -0.480 e. The Morgan fingerprint density at radius 3 is 1.71 bits per heavy atom. The first-order valence-corrected chi connectivity index (χ1v) is 19.9. The molecule has 59 heavy (non-hydrogen) atoms. The Balaban J connectivity index is 2.38. The number of likely N-dealkylation sites (tertiary alicyclic amines) is 1. The fourth-order valence-corrected chi connectivity index (χ4v) is 6.52. The summed E-state index contributed by atoms with van der Waals surface area (Å²) in [7, 11) is 0. The molecular weight excluding hydrogens is 766 g/mol. The van der Waals surface area contributed by atoms with Crippen molar-refractivity contribution in [1.82, 2.24) is 31.5 Å². The summed E-state index contributed by atoms with van der Waals surface area (Å²) in [6.45, 7) is 8.95. The third kappa shape index (κ3) is 17.3. The van der Waals surface area contributed by atoms with E-state index in [4.69, 9.17) is 22.9 Å². The number of nitrogens with two attached hydrogens (primary N) is 4. The SMILES string of the molecule is CC(C)C[C@H](NC(=O)[C@H](Cc1ccccc1)NC(=O)[C@H](C)N)C(=O)N[C@@H](CC(C)C)C(=O)N[C@@H](CCCN=C(N)N)C(=O)N[C@@H](CC(N)=O)C(=O)N1CCC[C@H]1C(=O)O. The summed E-state index contributed by atoms with van der Waals surface area (Å²) in [5, 5.41) is 22.9. The number of nitrogens with one attached hydrogen (secondary N) is 5. The number of hydrogen-bond acceptors (Lipinski definition) is 10. The Morgan fingerprint density at radius 1 is 0.729 bits per heavy atom. The molecule has 14 N–H and O–H groups in total. The number of benzene rings is 1. The standard InChI is InChI=1S/C39H63N11O9/c1-21(2)17-26(47-35(55)27(18-22(3)4)48-36(56)28(46-32(52)23(5)40)19-24-11-7-6-8-12-24)34(54)45-25(13-9-15-44-39(42)43)33(53)49-29(20-31(41)51)37(57)50-16-10-14-30(50)38(58)59/h6-8,11-12,21-23,25-30H,9-10,13-20,40H2,1-5H3,(H2,41,51)(H,45,54)(H,46,52)(H,47,55)(H,48,56)(H,49,53)(H,58,59)(H4,42,43,44)/t23-,25-,26-,27-,28-,29-,30-/m0/s1. The van der Waals surface area contributed by atoms with Crippen molar-refractivity contribution in [3.05, 3.63) is 35.9 Å². The van der Waals surface area contributed by atoms with E-state index < -0.39 is 96.0 Å². The maximum atomic E-state index is 14.0. The van der Waals surface area contributed by atoms with Crippen molar-refractivity contribution in [3.8, 4) is 0 Å². The lowest BCUT2D eigenvalue weighted by molar-refractivity contribution is -0.149. The summed E-state index contributed by atoms with van der Waals surface area (Å²) in [5.41, 5.74) is 22.8. The van der Waals surface area contributed by atoms with E-state index in [2.05, 4.69) is 31.6 Å². The molecule has 0 unspecified atom stereocenters. The van der Waals surface area contributed by atoms with E-state index in [-0.39, 0.29) is 69.4 Å². The van der Waals surface area contributed by atoms with Gasteiger partial charge in [-0.25, -0.2) is 4.79 Å². The molecule has 20 heteroatoms. The molecule has 20 nitrogen and oxygen atoms in total. The van der Waals surface area contributed by atoms with Crippen molar-refractivity contribution in [3.63, 3.8) is 0 Å². The zero-order valence-electron chi connectivity index (χ0n) is 34.6. The number of hydrogen-bond donors (Lipinski definition) is 10. The topological polar surface area (TPSA) is 337 Å². The third-order valence-corrected chi connectivity index (χ3v) is 9.43. The zero-order chi connectivity index (χ0) is 44.4. The van der Waals surface area contributed by atoms with Gasteiger partial charge in [0, 0.05) is 19.5 Å². The number of aliphatic carboxylic acids is 1. The number of guanidine groups is 1. The highest BCUT2D eigenvalue weighted by atomic mass is 16.4. The fourth-order valence-electron chi connectivity index (χ4n) is 6.52. The molecule has 328 valence electrons. The van der Waals surface area contributed by atoms with Crippen LogP contribution < -0.4 is 49.5 Å². The predicted molar refractivity (Wildman–Crippen MR) is 218 cm³/mol. The van der Waals surface area contributed by atoms with Gasteiger partial charge in [-0.3, -0.25) is 38.6 Å². The normalized spacial score (nSPS) is 16.7. The summed E-state index contributed by atoms with van der Waals surface area (Å²) in [5.74, 6) is -7.00. The fraction of sp³-hybridized carbons (Fsp3) is 0.615. The first kappa shape index (κ1) is 49.4. The Bertz CT molecular complexity index is 1650. The van der Waals surface area contributed by atoms with E-state index in [1.165, 1.54) is 6.92 Å². The molecule has 0 saturated carbocycles. The first-order valence-electron chi connectivity index (χ1n) is 19.9. The van der Waals surface area contributed by atoms with Gasteiger partial charge in [-0.05, 0) is 62.8 Å². The Hall–Kier alpha value is -5.79. The van der Waals surface area contributed by atoms with Crippen LogP contribution in [0.5, 0.6) is 0 Å². The molecule has 1 aromatic carbocycles. The van der Waals surface area contributed by atoms with Crippen LogP contribution in [0.4, 0.5) is 0 Å². The van der Waals surface area contributed by atoms with Gasteiger partial charge in [-0.2, -0.15) is 0 Å². The smallest absolute Gasteiger partial charge is 0.326 e. The molecule has 1 heterocycles. The summed E-state index contributed by atoms with van der Waals surface area (Å²) < 4.78 is 0. The first-order chi connectivity index (χ1) is 27.7. The summed E-state index contributed by atoms with van der Waals surface area (Å²) in [4.78, 5) is 110. The van der Waals surface area contributed by atoms with E-state index in [0.717, 1.165) is 10.5 Å². The van der Waals surface area contributed by atoms with Crippen molar-refractivity contribution in [2.75, 3.05) is 13.1 Å². The second kappa shape index (κ2) is 24.2. The van der Waals surface area contributed by atoms with Gasteiger partial charge in [-0.1, -0.05) is 58.0 Å². The Labute approximate surface area is 344 Å². The number of aliphatic imine (C=N–C) groups is 1. The number of carbonyl (C=O) groups excluding carboxylic acids is 7. The van der Waals surface area contributed by atoms with Gasteiger partial charge in [0.25, 0.3) is 0 Å². The van der Waals surface area contributed by atoms with Gasteiger partial charge in [-0.15, -0.1) is 0 Å². The number of nitrogens with zero attached hydrogens (tertiary/aromatic N) is 2. The van der Waals surface area contributed by atoms with E-state index >= 15 is 0 Å². The minimum atomic E-state index is -1.54. The maximum absolute atomic E-state index is 14.0. The number of carboxylic acid groups (broad SMARTS) is 1. The summed E-state index contributed by atoms with van der Waals surface area (Å²) >= 11 is 0. The molecule has 0 aliphatic carbocycles. The second-order valence-corrected chi connectivity index (χ2v) is 15.7. The van der Waals surface area contributed by atoms with Gasteiger partial charge in [0.05, 0.1) is 12.5 Å². The van der Waals surface area contributed by atoms with Crippen molar-refractivity contribution in [2.45, 2.75) is 128 Å². The summed E-state index contributed by atoms with van der Waals surface area (Å²) in [6.07, 6.45) is 0.435. The van der Waals surface area contributed by atoms with Gasteiger partial charge in [0.1, 0.15) is 36.3 Å². The highest BCUT2D eigenvalue weighted by Gasteiger charge is 2.39.